The van der Waals surface area contributed by atoms with Gasteiger partial charge in [-0.1, -0.05) is 54.6 Å². The average Bonchev–Trinajstić information content (AvgIpc) is 3.31. The molecule has 0 saturated heterocycles. The Morgan fingerprint density at radius 1 is 1.00 bits per heavy atom. The Balaban J connectivity index is 1.56. The van der Waals surface area contributed by atoms with Crippen LogP contribution >= 0.6 is 11.3 Å². The van der Waals surface area contributed by atoms with Crippen molar-refractivity contribution in [1.82, 2.24) is 9.29 Å². The number of hydrogen-bond donors (Lipinski definition) is 1. The van der Waals surface area contributed by atoms with Gasteiger partial charge < -0.3 is 5.32 Å². The lowest BCUT2D eigenvalue weighted by molar-refractivity contribution is -0.120. The molecule has 0 fully saturated rings. The lowest BCUT2D eigenvalue weighted by atomic mass is 9.95. The quantitative estimate of drug-likeness (QED) is 0.510. The summed E-state index contributed by atoms with van der Waals surface area (Å²) in [6.45, 7) is 0.140. The summed E-state index contributed by atoms with van der Waals surface area (Å²) in [5.74, 6) is -0.381. The largest absolute Gasteiger partial charge is 0.301 e. The Kier molecular flexibility index (Phi) is 5.05. The SMILES string of the molecule is O=C(Nc1nccs1)[C@@H]1Cc2ccccc2CN1S(=O)(=O)c1ccc2ccccc2c1. The summed E-state index contributed by atoms with van der Waals surface area (Å²) in [5.41, 5.74) is 1.89. The highest BCUT2D eigenvalue weighted by Gasteiger charge is 2.39. The van der Waals surface area contributed by atoms with Gasteiger partial charge in [0.15, 0.2) is 5.13 Å². The molecule has 0 saturated carbocycles. The molecule has 0 unspecified atom stereocenters. The maximum Gasteiger partial charge on any atom is 0.244 e. The van der Waals surface area contributed by atoms with Crippen LogP contribution in [0, 0.1) is 0 Å². The molecule has 1 amide bonds. The van der Waals surface area contributed by atoms with E-state index in [1.165, 1.54) is 15.6 Å². The van der Waals surface area contributed by atoms with E-state index in [2.05, 4.69) is 10.3 Å². The van der Waals surface area contributed by atoms with E-state index in [0.717, 1.165) is 21.9 Å². The number of nitrogens with zero attached hydrogens (tertiary/aromatic N) is 2. The highest BCUT2D eigenvalue weighted by molar-refractivity contribution is 7.89. The lowest BCUT2D eigenvalue weighted by Crippen LogP contribution is -2.50. The molecule has 0 spiro atoms. The minimum absolute atomic E-state index is 0.140. The zero-order chi connectivity index (χ0) is 21.4. The Labute approximate surface area is 184 Å². The topological polar surface area (TPSA) is 79.4 Å². The van der Waals surface area contributed by atoms with Crippen molar-refractivity contribution in [3.63, 3.8) is 0 Å². The van der Waals surface area contributed by atoms with Crippen molar-refractivity contribution in [2.24, 2.45) is 0 Å². The standard InChI is InChI=1S/C23H19N3O3S2/c27-22(25-23-24-11-12-30-23)21-14-18-7-3-4-8-19(18)15-26(21)31(28,29)20-10-9-16-5-1-2-6-17(16)13-20/h1-13,21H,14-15H2,(H,24,25,27)/t21-/m0/s1. The molecule has 4 aromatic rings. The fourth-order valence-corrected chi connectivity index (χ4v) is 6.05. The summed E-state index contributed by atoms with van der Waals surface area (Å²) in [6.07, 6.45) is 1.90. The van der Waals surface area contributed by atoms with Gasteiger partial charge in [-0.05, 0) is 40.5 Å². The second-order valence-electron chi connectivity index (χ2n) is 7.37. The van der Waals surface area contributed by atoms with Crippen molar-refractivity contribution in [3.8, 4) is 0 Å². The first-order valence-corrected chi connectivity index (χ1v) is 12.1. The van der Waals surface area contributed by atoms with E-state index >= 15 is 0 Å². The van der Waals surface area contributed by atoms with Crippen LogP contribution in [0.3, 0.4) is 0 Å². The summed E-state index contributed by atoms with van der Waals surface area (Å²) >= 11 is 1.30. The van der Waals surface area contributed by atoms with Crippen LogP contribution in [-0.4, -0.2) is 29.7 Å². The molecule has 31 heavy (non-hydrogen) atoms. The molecule has 5 rings (SSSR count). The monoisotopic (exact) mass is 449 g/mol. The first-order valence-electron chi connectivity index (χ1n) is 9.80. The van der Waals surface area contributed by atoms with E-state index < -0.39 is 16.1 Å². The van der Waals surface area contributed by atoms with Crippen LogP contribution in [-0.2, 0) is 27.8 Å². The first kappa shape index (κ1) is 19.9. The molecule has 1 aliphatic heterocycles. The van der Waals surface area contributed by atoms with Crippen molar-refractivity contribution in [3.05, 3.63) is 89.4 Å². The highest BCUT2D eigenvalue weighted by Crippen LogP contribution is 2.31. The van der Waals surface area contributed by atoms with Crippen LogP contribution < -0.4 is 5.32 Å². The second-order valence-corrected chi connectivity index (χ2v) is 10.2. The molecule has 0 radical (unpaired) electrons. The number of aromatic nitrogens is 1. The predicted octanol–water partition coefficient (Wildman–Crippen LogP) is 4.05. The van der Waals surface area contributed by atoms with Gasteiger partial charge in [0.1, 0.15) is 6.04 Å². The van der Waals surface area contributed by atoms with Gasteiger partial charge in [0.05, 0.1) is 4.90 Å². The number of fused-ring (bicyclic) bond motifs is 2. The van der Waals surface area contributed by atoms with Gasteiger partial charge in [0.2, 0.25) is 15.9 Å². The Bertz CT molecular complexity index is 1370. The summed E-state index contributed by atoms with van der Waals surface area (Å²) in [7, 11) is -3.91. The summed E-state index contributed by atoms with van der Waals surface area (Å²) in [6, 6.07) is 19.5. The number of benzene rings is 3. The van der Waals surface area contributed by atoms with Crippen LogP contribution in [0.4, 0.5) is 5.13 Å². The molecule has 2 heterocycles. The fourth-order valence-electron chi connectivity index (χ4n) is 3.91. The van der Waals surface area contributed by atoms with Gasteiger partial charge in [0, 0.05) is 18.1 Å². The van der Waals surface area contributed by atoms with Gasteiger partial charge in [0.25, 0.3) is 0 Å². The number of carbonyl (C=O) groups excluding carboxylic acids is 1. The van der Waals surface area contributed by atoms with Gasteiger partial charge >= 0.3 is 0 Å². The molecular weight excluding hydrogens is 430 g/mol. The van der Waals surface area contributed by atoms with Crippen molar-refractivity contribution in [2.75, 3.05) is 5.32 Å². The van der Waals surface area contributed by atoms with E-state index in [4.69, 9.17) is 0 Å². The van der Waals surface area contributed by atoms with Crippen molar-refractivity contribution in [2.45, 2.75) is 23.9 Å². The molecule has 1 N–H and O–H groups in total. The predicted molar refractivity (Wildman–Crippen MR) is 121 cm³/mol. The van der Waals surface area contributed by atoms with Crippen molar-refractivity contribution >= 4 is 43.2 Å². The van der Waals surface area contributed by atoms with Crippen LogP contribution in [0.2, 0.25) is 0 Å². The molecule has 1 atom stereocenters. The number of nitrogens with one attached hydrogen (secondary N) is 1. The Hall–Kier alpha value is -3.07. The maximum atomic E-state index is 13.7. The molecule has 0 aliphatic carbocycles. The van der Waals surface area contributed by atoms with Gasteiger partial charge in [-0.15, -0.1) is 11.3 Å². The fraction of sp³-hybridized carbons (Fsp3) is 0.130. The van der Waals surface area contributed by atoms with Gasteiger partial charge in [-0.25, -0.2) is 13.4 Å². The zero-order valence-electron chi connectivity index (χ0n) is 16.4. The summed E-state index contributed by atoms with van der Waals surface area (Å²) in [5, 5.41) is 6.78. The number of sulfonamides is 1. The molecule has 6 nitrogen and oxygen atoms in total. The first-order chi connectivity index (χ1) is 15.0. The van der Waals surface area contributed by atoms with Gasteiger partial charge in [-0.3, -0.25) is 4.79 Å². The number of amides is 1. The number of carbonyl (C=O) groups is 1. The smallest absolute Gasteiger partial charge is 0.244 e. The summed E-state index contributed by atoms with van der Waals surface area (Å²) in [4.78, 5) is 17.4. The number of anilines is 1. The molecule has 1 aromatic heterocycles. The van der Waals surface area contributed by atoms with Crippen molar-refractivity contribution in [1.29, 1.82) is 0 Å². The second kappa shape index (κ2) is 7.88. The van der Waals surface area contributed by atoms with E-state index in [1.54, 1.807) is 29.8 Å². The maximum absolute atomic E-state index is 13.7. The Morgan fingerprint density at radius 3 is 2.52 bits per heavy atom. The van der Waals surface area contributed by atoms with E-state index in [0.29, 0.717) is 11.6 Å². The van der Waals surface area contributed by atoms with Crippen LogP contribution in [0.5, 0.6) is 0 Å². The highest BCUT2D eigenvalue weighted by atomic mass is 32.2. The minimum atomic E-state index is -3.91. The molecule has 156 valence electrons. The number of hydrogen-bond acceptors (Lipinski definition) is 5. The molecule has 8 heteroatoms. The van der Waals surface area contributed by atoms with E-state index in [-0.39, 0.29) is 17.3 Å². The third kappa shape index (κ3) is 3.74. The molecule has 1 aliphatic rings. The third-order valence-electron chi connectivity index (χ3n) is 5.50. The van der Waals surface area contributed by atoms with Crippen molar-refractivity contribution < 1.29 is 13.2 Å². The van der Waals surface area contributed by atoms with E-state index in [9.17, 15) is 13.2 Å². The third-order valence-corrected chi connectivity index (χ3v) is 8.04. The van der Waals surface area contributed by atoms with Crippen LogP contribution in [0.15, 0.2) is 83.2 Å². The number of thiazole rings is 1. The molecular formula is C23H19N3O3S2. The van der Waals surface area contributed by atoms with Crippen LogP contribution in [0.1, 0.15) is 11.1 Å². The van der Waals surface area contributed by atoms with Gasteiger partial charge in [-0.2, -0.15) is 4.31 Å². The minimum Gasteiger partial charge on any atom is -0.301 e. The average molecular weight is 450 g/mol. The Morgan fingerprint density at radius 2 is 1.74 bits per heavy atom. The normalized spacial score (nSPS) is 16.7. The van der Waals surface area contributed by atoms with Crippen LogP contribution in [0.25, 0.3) is 10.8 Å². The van der Waals surface area contributed by atoms with E-state index in [1.807, 2.05) is 48.5 Å². The lowest BCUT2D eigenvalue weighted by Gasteiger charge is -2.34. The molecule has 0 bridgehead atoms. The zero-order valence-corrected chi connectivity index (χ0v) is 18.1. The molecule has 3 aromatic carbocycles. The summed E-state index contributed by atoms with van der Waals surface area (Å²) < 4.78 is 28.7. The number of rotatable bonds is 4.